The maximum atomic E-state index is 13.8. The van der Waals surface area contributed by atoms with Gasteiger partial charge in [-0.3, -0.25) is 29.4 Å². The molecule has 2 N–H and O–H groups in total. The first kappa shape index (κ1) is 41.1. The highest BCUT2D eigenvalue weighted by atomic mass is 19.4. The zero-order valence-corrected chi connectivity index (χ0v) is 32.8. The van der Waals surface area contributed by atoms with E-state index in [-0.39, 0.29) is 77.1 Å². The van der Waals surface area contributed by atoms with E-state index in [1.54, 1.807) is 23.0 Å². The van der Waals surface area contributed by atoms with Crippen LogP contribution >= 0.6 is 0 Å². The molecule has 7 rings (SSSR count). The minimum atomic E-state index is -4.64. The number of anilines is 2. The Hall–Kier alpha value is -5.06. The first-order valence-corrected chi connectivity index (χ1v) is 19.4. The molecule has 0 saturated heterocycles. The molecule has 11 nitrogen and oxygen atoms in total. The molecule has 4 heterocycles. The number of nitrogens with one attached hydrogen (secondary N) is 2. The lowest BCUT2D eigenvalue weighted by Gasteiger charge is -2.39. The Morgan fingerprint density at radius 2 is 1.47 bits per heavy atom. The molecule has 310 valence electrons. The number of benzene rings is 1. The van der Waals surface area contributed by atoms with Gasteiger partial charge in [0.1, 0.15) is 16.7 Å². The number of aromatic nitrogens is 6. The van der Waals surface area contributed by atoms with Crippen LogP contribution in [0.15, 0.2) is 54.7 Å². The number of pyridine rings is 2. The second-order valence-electron chi connectivity index (χ2n) is 17.1. The third-order valence-electron chi connectivity index (χ3n) is 11.0. The Labute approximate surface area is 331 Å². The Morgan fingerprint density at radius 3 is 2.09 bits per heavy atom. The summed E-state index contributed by atoms with van der Waals surface area (Å²) in [5, 5.41) is 5.73. The van der Waals surface area contributed by atoms with Crippen molar-refractivity contribution in [3.8, 4) is 0 Å². The molecule has 1 atom stereocenters. The standard InChI is InChI=1S/C41H46F6N8O3/c1-38(2,3)58-22-39(4,5)35(57)53-37-50-30-20-26(40(42,43)44)21-48-33(30)55(37)28-17-23(18-28)16-25(24-10-7-6-8-11-24)19-32(56)52-36-49-29-14-15-31(41(45,46)47)51-34(29)54(36)27-12-9-13-27/h6-8,10-11,14-15,20-21,23,25,27-28H,9,12-13,16-19,22H2,1-5H3,(H,49,52,56)(H,50,53,57)/t23?,25-,28?/m1/s1. The first-order chi connectivity index (χ1) is 27.2. The minimum Gasteiger partial charge on any atom is -0.375 e. The number of amides is 2. The number of alkyl halides is 6. The van der Waals surface area contributed by atoms with Crippen molar-refractivity contribution in [1.29, 1.82) is 0 Å². The van der Waals surface area contributed by atoms with Crippen LogP contribution < -0.4 is 10.6 Å². The third kappa shape index (κ3) is 8.83. The summed E-state index contributed by atoms with van der Waals surface area (Å²) in [6.45, 7) is 9.13. The molecule has 2 fully saturated rings. The number of carbonyl (C=O) groups is 2. The van der Waals surface area contributed by atoms with E-state index in [1.165, 1.54) is 6.07 Å². The summed E-state index contributed by atoms with van der Waals surface area (Å²) >= 11 is 0. The molecule has 4 aromatic heterocycles. The highest BCUT2D eigenvalue weighted by Crippen LogP contribution is 2.47. The highest BCUT2D eigenvalue weighted by molar-refractivity contribution is 5.95. The summed E-state index contributed by atoms with van der Waals surface area (Å²) in [6.07, 6.45) is -4.38. The Kier molecular flexibility index (Phi) is 10.8. The van der Waals surface area contributed by atoms with Crippen LogP contribution in [0, 0.1) is 11.3 Å². The smallest absolute Gasteiger partial charge is 0.375 e. The number of halogens is 6. The molecule has 0 unspecified atom stereocenters. The van der Waals surface area contributed by atoms with Crippen LogP contribution in [-0.2, 0) is 26.7 Å². The molecular weight excluding hydrogens is 766 g/mol. The van der Waals surface area contributed by atoms with Gasteiger partial charge in [-0.25, -0.2) is 19.9 Å². The number of hydrogen-bond acceptors (Lipinski definition) is 7. The van der Waals surface area contributed by atoms with E-state index in [2.05, 4.69) is 30.6 Å². The van der Waals surface area contributed by atoms with Gasteiger partial charge in [-0.1, -0.05) is 30.3 Å². The maximum Gasteiger partial charge on any atom is 0.433 e. The van der Waals surface area contributed by atoms with Crippen molar-refractivity contribution in [3.05, 3.63) is 71.5 Å². The van der Waals surface area contributed by atoms with E-state index >= 15 is 0 Å². The molecule has 2 aliphatic rings. The van der Waals surface area contributed by atoms with Gasteiger partial charge >= 0.3 is 12.4 Å². The van der Waals surface area contributed by atoms with Crippen LogP contribution in [0.3, 0.4) is 0 Å². The van der Waals surface area contributed by atoms with Crippen molar-refractivity contribution in [2.24, 2.45) is 11.3 Å². The number of fused-ring (bicyclic) bond motifs is 2. The maximum absolute atomic E-state index is 13.8. The zero-order valence-electron chi connectivity index (χ0n) is 32.8. The largest absolute Gasteiger partial charge is 0.433 e. The summed E-state index contributed by atoms with van der Waals surface area (Å²) in [4.78, 5) is 44.3. The number of ether oxygens (including phenoxy) is 1. The molecule has 2 saturated carbocycles. The predicted octanol–water partition coefficient (Wildman–Crippen LogP) is 9.87. The van der Waals surface area contributed by atoms with Gasteiger partial charge in [0.15, 0.2) is 11.3 Å². The molecule has 1 aromatic carbocycles. The van der Waals surface area contributed by atoms with E-state index in [4.69, 9.17) is 4.74 Å². The van der Waals surface area contributed by atoms with Crippen LogP contribution in [-0.4, -0.2) is 53.1 Å². The van der Waals surface area contributed by atoms with Crippen molar-refractivity contribution < 1.29 is 40.7 Å². The quantitative estimate of drug-likeness (QED) is 0.120. The molecule has 0 radical (unpaired) electrons. The Morgan fingerprint density at radius 1 is 0.810 bits per heavy atom. The van der Waals surface area contributed by atoms with Crippen molar-refractivity contribution in [1.82, 2.24) is 29.1 Å². The molecule has 58 heavy (non-hydrogen) atoms. The molecule has 2 amide bonds. The average Bonchev–Trinajstić information content (AvgIpc) is 3.63. The second kappa shape index (κ2) is 15.3. The average molecular weight is 813 g/mol. The van der Waals surface area contributed by atoms with E-state index < -0.39 is 40.5 Å². The second-order valence-corrected chi connectivity index (χ2v) is 17.1. The van der Waals surface area contributed by atoms with Gasteiger partial charge in [-0.2, -0.15) is 26.3 Å². The lowest BCUT2D eigenvalue weighted by Crippen LogP contribution is -2.39. The fraction of sp³-hybridized carbons (Fsp3) is 0.512. The van der Waals surface area contributed by atoms with Gasteiger partial charge in [0, 0.05) is 24.7 Å². The lowest BCUT2D eigenvalue weighted by molar-refractivity contribution is -0.141. The number of hydrogen-bond donors (Lipinski definition) is 2. The summed E-state index contributed by atoms with van der Waals surface area (Å²) in [5.41, 5.74) is -2.04. The van der Waals surface area contributed by atoms with E-state index in [0.717, 1.165) is 43.2 Å². The van der Waals surface area contributed by atoms with Crippen molar-refractivity contribution in [3.63, 3.8) is 0 Å². The van der Waals surface area contributed by atoms with Crippen LogP contribution in [0.4, 0.5) is 38.2 Å². The summed E-state index contributed by atoms with van der Waals surface area (Å²) < 4.78 is 90.9. The molecule has 0 spiro atoms. The number of carbonyl (C=O) groups excluding carboxylic acids is 2. The number of imidazole rings is 2. The molecule has 0 bridgehead atoms. The van der Waals surface area contributed by atoms with Crippen LogP contribution in [0.5, 0.6) is 0 Å². The van der Waals surface area contributed by atoms with Gasteiger partial charge in [0.05, 0.1) is 23.2 Å². The van der Waals surface area contributed by atoms with E-state index in [1.807, 2.05) is 51.1 Å². The SMILES string of the molecule is CC(C)(C)OCC(C)(C)C(=O)Nc1nc2cc(C(F)(F)F)cnc2n1C1CC(C[C@H](CC(=O)Nc2nc3ccc(C(F)(F)F)nc3n2C2CCC2)c2ccccc2)C1. The molecule has 2 aliphatic carbocycles. The first-order valence-electron chi connectivity index (χ1n) is 19.4. The topological polar surface area (TPSA) is 129 Å². The van der Waals surface area contributed by atoms with E-state index in [0.29, 0.717) is 19.3 Å². The van der Waals surface area contributed by atoms with Gasteiger partial charge in [-0.15, -0.1) is 0 Å². The zero-order chi connectivity index (χ0) is 41.8. The highest BCUT2D eigenvalue weighted by Gasteiger charge is 2.39. The van der Waals surface area contributed by atoms with Crippen molar-refractivity contribution in [2.75, 3.05) is 17.2 Å². The molecule has 0 aliphatic heterocycles. The number of rotatable bonds is 12. The van der Waals surface area contributed by atoms with Crippen LogP contribution in [0.1, 0.15) is 114 Å². The lowest BCUT2D eigenvalue weighted by atomic mass is 9.73. The predicted molar refractivity (Wildman–Crippen MR) is 205 cm³/mol. The van der Waals surface area contributed by atoms with E-state index in [9.17, 15) is 35.9 Å². The molecule has 5 aromatic rings. The monoisotopic (exact) mass is 812 g/mol. The van der Waals surface area contributed by atoms with Gasteiger partial charge in [-0.05, 0) is 109 Å². The summed E-state index contributed by atoms with van der Waals surface area (Å²) in [6, 6.07) is 12.2. The molecule has 17 heteroatoms. The molecular formula is C41H46F6N8O3. The van der Waals surface area contributed by atoms with Gasteiger partial charge in [0.25, 0.3) is 0 Å². The fourth-order valence-electron chi connectivity index (χ4n) is 7.48. The fourth-order valence-corrected chi connectivity index (χ4v) is 7.48. The van der Waals surface area contributed by atoms with Crippen molar-refractivity contribution >= 4 is 46.0 Å². The number of nitrogens with zero attached hydrogens (tertiary/aromatic N) is 6. The minimum absolute atomic E-state index is 0.00564. The summed E-state index contributed by atoms with van der Waals surface area (Å²) in [5.74, 6) is -0.701. The van der Waals surface area contributed by atoms with Crippen molar-refractivity contribution in [2.45, 2.75) is 116 Å². The Balaban J connectivity index is 1.10. The van der Waals surface area contributed by atoms with Crippen LogP contribution in [0.2, 0.25) is 0 Å². The van der Waals surface area contributed by atoms with Gasteiger partial charge in [0.2, 0.25) is 23.7 Å². The normalized spacial score (nSPS) is 18.5. The van der Waals surface area contributed by atoms with Crippen LogP contribution in [0.25, 0.3) is 22.3 Å². The summed E-state index contributed by atoms with van der Waals surface area (Å²) in [7, 11) is 0. The van der Waals surface area contributed by atoms with Gasteiger partial charge < -0.3 is 4.74 Å². The third-order valence-corrected chi connectivity index (χ3v) is 11.0. The Bertz CT molecular complexity index is 2300.